The van der Waals surface area contributed by atoms with E-state index in [0.717, 1.165) is 0 Å². The smallest absolute Gasteiger partial charge is 0.142 e. The fourth-order valence-electron chi connectivity index (χ4n) is 0.797. The van der Waals surface area contributed by atoms with E-state index < -0.39 is 12.3 Å². The summed E-state index contributed by atoms with van der Waals surface area (Å²) in [6.45, 7) is 0.919. The third-order valence-corrected chi connectivity index (χ3v) is 1.35. The topological polar surface area (TPSA) is 31.9 Å². The fraction of sp³-hybridized carbons (Fsp3) is 1.00. The van der Waals surface area contributed by atoms with Crippen LogP contribution in [0.5, 0.6) is 0 Å². The maximum atomic E-state index is 12.2. The monoisotopic (exact) mass is 118 g/mol. The van der Waals surface area contributed by atoms with Crippen LogP contribution in [0.25, 0.3) is 0 Å². The van der Waals surface area contributed by atoms with Crippen LogP contribution in [0.2, 0.25) is 0 Å². The second kappa shape index (κ2) is 2.42. The molecule has 0 amide bonds. The van der Waals surface area contributed by atoms with Crippen molar-refractivity contribution in [1.82, 2.24) is 5.32 Å². The van der Waals surface area contributed by atoms with Gasteiger partial charge in [-0.15, -0.1) is 0 Å². The first-order chi connectivity index (χ1) is 3.80. The lowest BCUT2D eigenvalue weighted by Crippen LogP contribution is -2.40. The quantitative estimate of drug-likeness (QED) is 0.481. The molecule has 1 N–H and O–H groups in total. The van der Waals surface area contributed by atoms with E-state index >= 15 is 0 Å². The molecule has 47 valence electrons. The number of rotatable bonds is 0. The van der Waals surface area contributed by atoms with Crippen molar-refractivity contribution in [3.05, 3.63) is 0 Å². The molecule has 1 fully saturated rings. The second-order valence-electron chi connectivity index (χ2n) is 2.05. The SMILES string of the molecule is [O]C1CCNCC1F. The Kier molecular flexibility index (Phi) is 1.81. The summed E-state index contributed by atoms with van der Waals surface area (Å²) in [5.41, 5.74) is 0. The predicted octanol–water partition coefficient (Wildman–Crippen LogP) is 0.117. The number of hydrogen-bond donors (Lipinski definition) is 1. The van der Waals surface area contributed by atoms with Crippen LogP contribution < -0.4 is 5.32 Å². The molecule has 0 bridgehead atoms. The third kappa shape index (κ3) is 1.17. The van der Waals surface area contributed by atoms with Crippen molar-refractivity contribution in [3.8, 4) is 0 Å². The zero-order chi connectivity index (χ0) is 5.98. The summed E-state index contributed by atoms with van der Waals surface area (Å²) in [6, 6.07) is 0. The minimum absolute atomic E-state index is 0.244. The van der Waals surface area contributed by atoms with Gasteiger partial charge in [-0.2, -0.15) is 0 Å². The summed E-state index contributed by atoms with van der Waals surface area (Å²) in [4.78, 5) is 0. The first kappa shape index (κ1) is 5.98. The Balaban J connectivity index is 2.28. The minimum atomic E-state index is -1.16. The molecule has 1 radical (unpaired) electrons. The predicted molar refractivity (Wildman–Crippen MR) is 26.9 cm³/mol. The first-order valence-electron chi connectivity index (χ1n) is 2.81. The number of piperidine rings is 1. The highest BCUT2D eigenvalue weighted by molar-refractivity contribution is 4.75. The average molecular weight is 118 g/mol. The van der Waals surface area contributed by atoms with Gasteiger partial charge in [0.1, 0.15) is 12.3 Å². The molecule has 8 heavy (non-hydrogen) atoms. The first-order valence-corrected chi connectivity index (χ1v) is 2.81. The second-order valence-corrected chi connectivity index (χ2v) is 2.05. The van der Waals surface area contributed by atoms with Crippen LogP contribution in [0, 0.1) is 0 Å². The van der Waals surface area contributed by atoms with Crippen LogP contribution in [0.3, 0.4) is 0 Å². The summed E-state index contributed by atoms with van der Waals surface area (Å²) in [5, 5.41) is 13.3. The molecule has 0 saturated carbocycles. The van der Waals surface area contributed by atoms with Gasteiger partial charge in [0.15, 0.2) is 0 Å². The highest BCUT2D eigenvalue weighted by Crippen LogP contribution is 2.06. The van der Waals surface area contributed by atoms with Crippen LogP contribution >= 0.6 is 0 Å². The number of halogens is 1. The Hall–Kier alpha value is -0.150. The van der Waals surface area contributed by atoms with E-state index in [1.807, 2.05) is 0 Å². The largest absolute Gasteiger partial charge is 0.314 e. The van der Waals surface area contributed by atoms with Crippen LogP contribution in [-0.2, 0) is 5.11 Å². The van der Waals surface area contributed by atoms with Crippen molar-refractivity contribution in [2.75, 3.05) is 13.1 Å². The van der Waals surface area contributed by atoms with Gasteiger partial charge in [0, 0.05) is 6.54 Å². The van der Waals surface area contributed by atoms with Gasteiger partial charge >= 0.3 is 0 Å². The van der Waals surface area contributed by atoms with Gasteiger partial charge < -0.3 is 5.32 Å². The molecule has 0 aliphatic carbocycles. The lowest BCUT2D eigenvalue weighted by molar-refractivity contribution is -0.00139. The summed E-state index contributed by atoms with van der Waals surface area (Å²) in [6.07, 6.45) is -1.71. The van der Waals surface area contributed by atoms with E-state index in [2.05, 4.69) is 5.32 Å². The molecule has 2 unspecified atom stereocenters. The van der Waals surface area contributed by atoms with Crippen LogP contribution in [0.15, 0.2) is 0 Å². The highest BCUT2D eigenvalue weighted by Gasteiger charge is 2.22. The molecule has 2 atom stereocenters. The molecular formula is C5H9FNO. The molecule has 2 nitrogen and oxygen atoms in total. The molecule has 1 aliphatic rings. The molecule has 0 aromatic heterocycles. The van der Waals surface area contributed by atoms with Gasteiger partial charge in [0.2, 0.25) is 0 Å². The van der Waals surface area contributed by atoms with E-state index in [4.69, 9.17) is 0 Å². The Morgan fingerprint density at radius 2 is 2.38 bits per heavy atom. The van der Waals surface area contributed by atoms with Crippen molar-refractivity contribution >= 4 is 0 Å². The molecule has 1 heterocycles. The Labute approximate surface area is 47.7 Å². The lowest BCUT2D eigenvalue weighted by Gasteiger charge is -2.19. The fourth-order valence-corrected chi connectivity index (χ4v) is 0.797. The average Bonchev–Trinajstić information content (AvgIpc) is 1.77. The van der Waals surface area contributed by atoms with Gasteiger partial charge in [-0.3, -0.25) is 0 Å². The molecular weight excluding hydrogens is 109 g/mol. The van der Waals surface area contributed by atoms with E-state index in [1.165, 1.54) is 0 Å². The van der Waals surface area contributed by atoms with Crippen molar-refractivity contribution in [3.63, 3.8) is 0 Å². The molecule has 0 aromatic rings. The number of nitrogens with one attached hydrogen (secondary N) is 1. The molecule has 1 aliphatic heterocycles. The number of alkyl halides is 1. The minimum Gasteiger partial charge on any atom is -0.314 e. The van der Waals surface area contributed by atoms with E-state index in [0.29, 0.717) is 13.0 Å². The third-order valence-electron chi connectivity index (χ3n) is 1.35. The summed E-state index contributed by atoms with van der Waals surface area (Å²) < 4.78 is 12.2. The molecule has 0 spiro atoms. The van der Waals surface area contributed by atoms with E-state index in [9.17, 15) is 9.50 Å². The van der Waals surface area contributed by atoms with E-state index in [-0.39, 0.29) is 6.54 Å². The molecule has 1 rings (SSSR count). The highest BCUT2D eigenvalue weighted by atomic mass is 19.1. The zero-order valence-electron chi connectivity index (χ0n) is 4.56. The molecule has 3 heteroatoms. The van der Waals surface area contributed by atoms with Crippen LogP contribution in [0.4, 0.5) is 4.39 Å². The Morgan fingerprint density at radius 3 is 2.75 bits per heavy atom. The maximum Gasteiger partial charge on any atom is 0.142 e. The van der Waals surface area contributed by atoms with Crippen molar-refractivity contribution in [2.45, 2.75) is 18.7 Å². The van der Waals surface area contributed by atoms with Gasteiger partial charge in [0.05, 0.1) is 0 Å². The Morgan fingerprint density at radius 1 is 1.62 bits per heavy atom. The molecule has 1 saturated heterocycles. The Bertz CT molecular complexity index is 68.8. The summed E-state index contributed by atoms with van der Waals surface area (Å²) in [5.74, 6) is 0. The lowest BCUT2D eigenvalue weighted by atomic mass is 10.1. The molecule has 0 aromatic carbocycles. The van der Waals surface area contributed by atoms with Gasteiger partial charge in [-0.1, -0.05) is 0 Å². The normalized spacial score (nSPS) is 39.8. The standard InChI is InChI=1S/C5H9FNO/c6-4-3-7-2-1-5(4)8/h4-5,7H,1-3H2. The van der Waals surface area contributed by atoms with Gasteiger partial charge in [-0.05, 0) is 13.0 Å². The van der Waals surface area contributed by atoms with E-state index in [1.54, 1.807) is 0 Å². The maximum absolute atomic E-state index is 12.2. The van der Waals surface area contributed by atoms with Crippen molar-refractivity contribution in [1.29, 1.82) is 0 Å². The van der Waals surface area contributed by atoms with Crippen molar-refractivity contribution < 1.29 is 9.50 Å². The summed E-state index contributed by atoms with van der Waals surface area (Å²) in [7, 11) is 0. The zero-order valence-corrected chi connectivity index (χ0v) is 4.56. The van der Waals surface area contributed by atoms with Crippen molar-refractivity contribution in [2.24, 2.45) is 0 Å². The van der Waals surface area contributed by atoms with Crippen LogP contribution in [-0.4, -0.2) is 25.4 Å². The number of hydrogen-bond acceptors (Lipinski definition) is 1. The van der Waals surface area contributed by atoms with Gasteiger partial charge in [0.25, 0.3) is 0 Å². The van der Waals surface area contributed by atoms with Gasteiger partial charge in [-0.25, -0.2) is 9.50 Å². The van der Waals surface area contributed by atoms with Crippen LogP contribution in [0.1, 0.15) is 6.42 Å². The summed E-state index contributed by atoms with van der Waals surface area (Å²) >= 11 is 0.